The van der Waals surface area contributed by atoms with E-state index in [-0.39, 0.29) is 6.10 Å². The van der Waals surface area contributed by atoms with Crippen molar-refractivity contribution in [3.8, 4) is 0 Å². The maximum absolute atomic E-state index is 9.75. The molecule has 1 aliphatic rings. The molecule has 2 atom stereocenters. The van der Waals surface area contributed by atoms with Gasteiger partial charge in [0.05, 0.1) is 6.10 Å². The molecule has 0 aliphatic heterocycles. The number of allylic oxidation sites excluding steroid dienone is 1. The molecule has 0 unspecified atom stereocenters. The highest BCUT2D eigenvalue weighted by Gasteiger charge is 2.18. The standard InChI is InChI=1S/C11H20O/c1-9(2)8-10-6-4-3-5-7-11(10)12/h8,10-12H,3-7H2,1-2H3/t10-,11+/m0/s1. The molecule has 1 fully saturated rings. The summed E-state index contributed by atoms with van der Waals surface area (Å²) in [4.78, 5) is 0. The van der Waals surface area contributed by atoms with Gasteiger partial charge in [-0.25, -0.2) is 0 Å². The van der Waals surface area contributed by atoms with E-state index in [0.717, 1.165) is 6.42 Å². The predicted molar refractivity (Wildman–Crippen MR) is 52.0 cm³/mol. The number of aliphatic hydroxyl groups is 1. The van der Waals surface area contributed by atoms with Gasteiger partial charge in [0.1, 0.15) is 0 Å². The Morgan fingerprint density at radius 3 is 2.50 bits per heavy atom. The van der Waals surface area contributed by atoms with Gasteiger partial charge in [-0.3, -0.25) is 0 Å². The van der Waals surface area contributed by atoms with Crippen molar-refractivity contribution < 1.29 is 5.11 Å². The molecular weight excluding hydrogens is 148 g/mol. The van der Waals surface area contributed by atoms with Crippen LogP contribution in [-0.2, 0) is 0 Å². The Hall–Kier alpha value is -0.300. The zero-order valence-corrected chi connectivity index (χ0v) is 8.21. The minimum absolute atomic E-state index is 0.0811. The maximum Gasteiger partial charge on any atom is 0.0602 e. The summed E-state index contributed by atoms with van der Waals surface area (Å²) in [6.45, 7) is 4.22. The lowest BCUT2D eigenvalue weighted by atomic mass is 9.95. The number of rotatable bonds is 1. The van der Waals surface area contributed by atoms with Crippen molar-refractivity contribution in [3.05, 3.63) is 11.6 Å². The molecule has 1 aliphatic carbocycles. The molecule has 0 saturated heterocycles. The molecule has 0 radical (unpaired) electrons. The first kappa shape index (κ1) is 9.79. The summed E-state index contributed by atoms with van der Waals surface area (Å²) in [6, 6.07) is 0. The minimum Gasteiger partial charge on any atom is -0.393 e. The molecule has 1 nitrogen and oxygen atoms in total. The van der Waals surface area contributed by atoms with Gasteiger partial charge >= 0.3 is 0 Å². The van der Waals surface area contributed by atoms with E-state index in [1.54, 1.807) is 0 Å². The van der Waals surface area contributed by atoms with Gasteiger partial charge in [-0.05, 0) is 26.7 Å². The van der Waals surface area contributed by atoms with Crippen LogP contribution in [0.1, 0.15) is 46.0 Å². The first-order valence-corrected chi connectivity index (χ1v) is 5.03. The highest BCUT2D eigenvalue weighted by molar-refractivity contribution is 5.00. The summed E-state index contributed by atoms with van der Waals surface area (Å²) < 4.78 is 0. The molecule has 0 amide bonds. The Bertz CT molecular complexity index is 156. The van der Waals surface area contributed by atoms with Gasteiger partial charge < -0.3 is 5.11 Å². The number of aliphatic hydroxyl groups excluding tert-OH is 1. The van der Waals surface area contributed by atoms with Gasteiger partial charge in [-0.2, -0.15) is 0 Å². The van der Waals surface area contributed by atoms with Crippen LogP contribution in [0.5, 0.6) is 0 Å². The number of hydrogen-bond donors (Lipinski definition) is 1. The van der Waals surface area contributed by atoms with Gasteiger partial charge in [0.15, 0.2) is 0 Å². The van der Waals surface area contributed by atoms with E-state index >= 15 is 0 Å². The van der Waals surface area contributed by atoms with Crippen molar-refractivity contribution in [3.63, 3.8) is 0 Å². The van der Waals surface area contributed by atoms with Crippen LogP contribution in [0.2, 0.25) is 0 Å². The molecule has 0 bridgehead atoms. The van der Waals surface area contributed by atoms with Crippen molar-refractivity contribution in [2.45, 2.75) is 52.1 Å². The summed E-state index contributed by atoms with van der Waals surface area (Å²) >= 11 is 0. The Morgan fingerprint density at radius 1 is 1.17 bits per heavy atom. The second kappa shape index (κ2) is 4.66. The fourth-order valence-electron chi connectivity index (χ4n) is 1.94. The average Bonchev–Trinajstić information content (AvgIpc) is 2.16. The normalized spacial score (nSPS) is 30.9. The van der Waals surface area contributed by atoms with E-state index in [9.17, 15) is 5.11 Å². The van der Waals surface area contributed by atoms with Crippen molar-refractivity contribution in [1.29, 1.82) is 0 Å². The molecule has 12 heavy (non-hydrogen) atoms. The summed E-state index contributed by atoms with van der Waals surface area (Å²) in [6.07, 6.45) is 8.10. The van der Waals surface area contributed by atoms with Crippen molar-refractivity contribution in [2.75, 3.05) is 0 Å². The lowest BCUT2D eigenvalue weighted by Crippen LogP contribution is -2.16. The van der Waals surface area contributed by atoms with Crippen LogP contribution in [0.15, 0.2) is 11.6 Å². The topological polar surface area (TPSA) is 20.2 Å². The quantitative estimate of drug-likeness (QED) is 0.471. The fourth-order valence-corrected chi connectivity index (χ4v) is 1.94. The van der Waals surface area contributed by atoms with Gasteiger partial charge in [0.25, 0.3) is 0 Å². The summed E-state index contributed by atoms with van der Waals surface area (Å²) in [5.74, 6) is 0.428. The van der Waals surface area contributed by atoms with Crippen LogP contribution < -0.4 is 0 Å². The monoisotopic (exact) mass is 168 g/mol. The lowest BCUT2D eigenvalue weighted by molar-refractivity contribution is 0.122. The highest BCUT2D eigenvalue weighted by Crippen LogP contribution is 2.25. The predicted octanol–water partition coefficient (Wildman–Crippen LogP) is 2.89. The van der Waals surface area contributed by atoms with Crippen LogP contribution in [0, 0.1) is 5.92 Å². The van der Waals surface area contributed by atoms with Crippen LogP contribution >= 0.6 is 0 Å². The summed E-state index contributed by atoms with van der Waals surface area (Å²) in [7, 11) is 0. The molecule has 1 heteroatoms. The largest absolute Gasteiger partial charge is 0.393 e. The summed E-state index contributed by atoms with van der Waals surface area (Å²) in [5, 5.41) is 9.75. The van der Waals surface area contributed by atoms with E-state index in [1.807, 2.05) is 0 Å². The van der Waals surface area contributed by atoms with Gasteiger partial charge in [0.2, 0.25) is 0 Å². The maximum atomic E-state index is 9.75. The third-order valence-electron chi connectivity index (χ3n) is 2.58. The molecule has 1 saturated carbocycles. The molecule has 1 N–H and O–H groups in total. The van der Waals surface area contributed by atoms with Crippen LogP contribution in [0.4, 0.5) is 0 Å². The zero-order chi connectivity index (χ0) is 8.97. The van der Waals surface area contributed by atoms with E-state index in [4.69, 9.17) is 0 Å². The van der Waals surface area contributed by atoms with Crippen LogP contribution in [0.3, 0.4) is 0 Å². The van der Waals surface area contributed by atoms with Crippen molar-refractivity contribution >= 4 is 0 Å². The molecule has 1 rings (SSSR count). The second-order valence-corrected chi connectivity index (χ2v) is 4.11. The second-order valence-electron chi connectivity index (χ2n) is 4.11. The lowest BCUT2D eigenvalue weighted by Gasteiger charge is -2.16. The molecule has 70 valence electrons. The Labute approximate surface area is 75.5 Å². The first-order chi connectivity index (χ1) is 5.70. The van der Waals surface area contributed by atoms with Crippen molar-refractivity contribution in [1.82, 2.24) is 0 Å². The van der Waals surface area contributed by atoms with E-state index in [1.165, 1.54) is 31.3 Å². The first-order valence-electron chi connectivity index (χ1n) is 5.03. The molecule has 0 spiro atoms. The third kappa shape index (κ3) is 2.98. The molecule has 0 heterocycles. The smallest absolute Gasteiger partial charge is 0.0602 e. The Morgan fingerprint density at radius 2 is 1.83 bits per heavy atom. The SMILES string of the molecule is CC(C)=C[C@@H]1CCCCC[C@H]1O. The zero-order valence-electron chi connectivity index (χ0n) is 8.21. The van der Waals surface area contributed by atoms with E-state index in [0.29, 0.717) is 5.92 Å². The molecule has 0 aromatic carbocycles. The van der Waals surface area contributed by atoms with E-state index < -0.39 is 0 Å². The van der Waals surface area contributed by atoms with Gasteiger partial charge in [-0.1, -0.05) is 30.9 Å². The molecular formula is C11H20O. The molecule has 0 aromatic heterocycles. The Kier molecular flexibility index (Phi) is 3.80. The van der Waals surface area contributed by atoms with Gasteiger partial charge in [0, 0.05) is 5.92 Å². The van der Waals surface area contributed by atoms with E-state index in [2.05, 4.69) is 19.9 Å². The minimum atomic E-state index is -0.0811. The molecule has 0 aromatic rings. The highest BCUT2D eigenvalue weighted by atomic mass is 16.3. The average molecular weight is 168 g/mol. The Balaban J connectivity index is 2.53. The third-order valence-corrected chi connectivity index (χ3v) is 2.58. The van der Waals surface area contributed by atoms with Crippen LogP contribution in [0.25, 0.3) is 0 Å². The fraction of sp³-hybridized carbons (Fsp3) is 0.818. The van der Waals surface area contributed by atoms with Crippen molar-refractivity contribution in [2.24, 2.45) is 5.92 Å². The summed E-state index contributed by atoms with van der Waals surface area (Å²) in [5.41, 5.74) is 1.33. The number of hydrogen-bond acceptors (Lipinski definition) is 1. The van der Waals surface area contributed by atoms with Gasteiger partial charge in [-0.15, -0.1) is 0 Å². The van der Waals surface area contributed by atoms with Crippen LogP contribution in [-0.4, -0.2) is 11.2 Å².